The van der Waals surface area contributed by atoms with Gasteiger partial charge in [-0.15, -0.1) is 0 Å². The van der Waals surface area contributed by atoms with Gasteiger partial charge in [-0.3, -0.25) is 4.90 Å². The van der Waals surface area contributed by atoms with Gasteiger partial charge < -0.3 is 5.73 Å². The highest BCUT2D eigenvalue weighted by Gasteiger charge is 2.18. The van der Waals surface area contributed by atoms with Crippen molar-refractivity contribution >= 4 is 0 Å². The molecule has 1 aliphatic heterocycles. The highest BCUT2D eigenvalue weighted by atomic mass is 15.2. The summed E-state index contributed by atoms with van der Waals surface area (Å²) in [5, 5.41) is 0. The molecule has 0 unspecified atom stereocenters. The lowest BCUT2D eigenvalue weighted by molar-refractivity contribution is 0.150. The average molecular weight is 156 g/mol. The number of likely N-dealkylation sites (tertiary alicyclic amines) is 1. The Bertz CT molecular complexity index is 106. The maximum absolute atomic E-state index is 5.60. The minimum Gasteiger partial charge on any atom is -0.329 e. The van der Waals surface area contributed by atoms with Crippen molar-refractivity contribution in [3.05, 3.63) is 0 Å². The first-order chi connectivity index (χ1) is 5.24. The molecule has 0 bridgehead atoms. The van der Waals surface area contributed by atoms with Crippen LogP contribution >= 0.6 is 0 Å². The molecule has 0 aromatic carbocycles. The van der Waals surface area contributed by atoms with Crippen LogP contribution in [0.1, 0.15) is 26.7 Å². The third kappa shape index (κ3) is 2.46. The van der Waals surface area contributed by atoms with E-state index in [1.165, 1.54) is 25.9 Å². The average Bonchev–Trinajstić information content (AvgIpc) is 2.05. The predicted molar refractivity (Wildman–Crippen MR) is 48.5 cm³/mol. The molecular formula is C9H20N2. The van der Waals surface area contributed by atoms with Crippen LogP contribution in [0.25, 0.3) is 0 Å². The van der Waals surface area contributed by atoms with E-state index < -0.39 is 0 Å². The van der Waals surface area contributed by atoms with Gasteiger partial charge in [0.25, 0.3) is 0 Å². The fourth-order valence-corrected chi connectivity index (χ4v) is 1.62. The van der Waals surface area contributed by atoms with Gasteiger partial charge in [0.05, 0.1) is 0 Å². The molecule has 1 atom stereocenters. The van der Waals surface area contributed by atoms with Gasteiger partial charge in [-0.05, 0) is 38.8 Å². The number of hydrogen-bond donors (Lipinski definition) is 1. The number of hydrogen-bond acceptors (Lipinski definition) is 2. The summed E-state index contributed by atoms with van der Waals surface area (Å²) in [7, 11) is 0. The maximum Gasteiger partial charge on any atom is 0.0190 e. The van der Waals surface area contributed by atoms with Gasteiger partial charge in [-0.2, -0.15) is 0 Å². The summed E-state index contributed by atoms with van der Waals surface area (Å²) in [6.45, 7) is 7.86. The topological polar surface area (TPSA) is 29.3 Å². The summed E-state index contributed by atoms with van der Waals surface area (Å²) < 4.78 is 0. The molecule has 0 radical (unpaired) electrons. The molecular weight excluding hydrogens is 136 g/mol. The molecule has 2 nitrogen and oxygen atoms in total. The fraction of sp³-hybridized carbons (Fsp3) is 1.00. The van der Waals surface area contributed by atoms with E-state index in [1.807, 2.05) is 0 Å². The number of nitrogens with zero attached hydrogens (tertiary/aromatic N) is 1. The Hall–Kier alpha value is -0.0800. The number of piperidine rings is 1. The largest absolute Gasteiger partial charge is 0.329 e. The van der Waals surface area contributed by atoms with Crippen molar-refractivity contribution in [1.82, 2.24) is 4.90 Å². The van der Waals surface area contributed by atoms with Crippen LogP contribution < -0.4 is 5.73 Å². The smallest absolute Gasteiger partial charge is 0.0190 e. The van der Waals surface area contributed by atoms with Crippen LogP contribution in [0.15, 0.2) is 0 Å². The van der Waals surface area contributed by atoms with E-state index >= 15 is 0 Å². The molecule has 2 N–H and O–H groups in total. The normalized spacial score (nSPS) is 25.4. The van der Waals surface area contributed by atoms with Gasteiger partial charge in [-0.1, -0.05) is 6.92 Å². The Labute approximate surface area is 69.8 Å². The van der Waals surface area contributed by atoms with Crippen LogP contribution in [0.4, 0.5) is 0 Å². The third-order valence-electron chi connectivity index (χ3n) is 2.78. The van der Waals surface area contributed by atoms with Crippen molar-refractivity contribution in [3.63, 3.8) is 0 Å². The molecule has 1 heterocycles. The number of rotatable bonds is 2. The van der Waals surface area contributed by atoms with Crippen LogP contribution in [0, 0.1) is 5.92 Å². The summed E-state index contributed by atoms with van der Waals surface area (Å²) in [5.74, 6) is 0.927. The summed E-state index contributed by atoms with van der Waals surface area (Å²) in [6.07, 6.45) is 2.70. The first-order valence-electron chi connectivity index (χ1n) is 4.68. The predicted octanol–water partition coefficient (Wildman–Crippen LogP) is 1.07. The lowest BCUT2D eigenvalue weighted by atomic mass is 9.98. The molecule has 0 aromatic rings. The molecule has 0 aliphatic carbocycles. The second-order valence-electron chi connectivity index (χ2n) is 3.80. The van der Waals surface area contributed by atoms with Crippen molar-refractivity contribution < 1.29 is 0 Å². The van der Waals surface area contributed by atoms with Crippen molar-refractivity contribution in [3.8, 4) is 0 Å². The number of nitrogens with two attached hydrogens (primary N) is 1. The molecule has 1 rings (SSSR count). The lowest BCUT2D eigenvalue weighted by Crippen LogP contribution is -2.43. The minimum absolute atomic E-state index is 0.586. The molecule has 1 fully saturated rings. The highest BCUT2D eigenvalue weighted by Crippen LogP contribution is 2.17. The van der Waals surface area contributed by atoms with E-state index in [2.05, 4.69) is 18.7 Å². The van der Waals surface area contributed by atoms with Gasteiger partial charge in [-0.25, -0.2) is 0 Å². The standard InChI is InChI=1S/C9H20N2/c1-8-3-5-11(6-4-8)9(2)7-10/h8-9H,3-7,10H2,1-2H3/t9-/m0/s1. The highest BCUT2D eigenvalue weighted by molar-refractivity contribution is 4.74. The van der Waals surface area contributed by atoms with Crippen LogP contribution in [-0.2, 0) is 0 Å². The summed E-state index contributed by atoms with van der Waals surface area (Å²) in [5.41, 5.74) is 5.60. The Kier molecular flexibility index (Phi) is 3.34. The van der Waals surface area contributed by atoms with Crippen LogP contribution in [-0.4, -0.2) is 30.6 Å². The third-order valence-corrected chi connectivity index (χ3v) is 2.78. The van der Waals surface area contributed by atoms with Crippen molar-refractivity contribution in [2.24, 2.45) is 11.7 Å². The lowest BCUT2D eigenvalue weighted by Gasteiger charge is -2.34. The van der Waals surface area contributed by atoms with E-state index in [1.54, 1.807) is 0 Å². The summed E-state index contributed by atoms with van der Waals surface area (Å²) in [4.78, 5) is 2.50. The first-order valence-corrected chi connectivity index (χ1v) is 4.68. The van der Waals surface area contributed by atoms with E-state index in [0.29, 0.717) is 6.04 Å². The second kappa shape index (κ2) is 4.07. The zero-order valence-electron chi connectivity index (χ0n) is 7.71. The Balaban J connectivity index is 2.27. The summed E-state index contributed by atoms with van der Waals surface area (Å²) in [6, 6.07) is 0.586. The van der Waals surface area contributed by atoms with Crippen LogP contribution in [0.2, 0.25) is 0 Å². The van der Waals surface area contributed by atoms with Gasteiger partial charge in [0.15, 0.2) is 0 Å². The summed E-state index contributed by atoms with van der Waals surface area (Å²) >= 11 is 0. The Morgan fingerprint density at radius 2 is 2.00 bits per heavy atom. The quantitative estimate of drug-likeness (QED) is 0.648. The van der Waals surface area contributed by atoms with Crippen molar-refractivity contribution in [2.75, 3.05) is 19.6 Å². The van der Waals surface area contributed by atoms with Gasteiger partial charge in [0, 0.05) is 12.6 Å². The SMILES string of the molecule is CC1CCN([C@@H](C)CN)CC1. The molecule has 1 aliphatic rings. The van der Waals surface area contributed by atoms with Crippen molar-refractivity contribution in [1.29, 1.82) is 0 Å². The van der Waals surface area contributed by atoms with Crippen LogP contribution in [0.3, 0.4) is 0 Å². The monoisotopic (exact) mass is 156 g/mol. The van der Waals surface area contributed by atoms with E-state index in [0.717, 1.165) is 12.5 Å². The van der Waals surface area contributed by atoms with Crippen molar-refractivity contribution in [2.45, 2.75) is 32.7 Å². The van der Waals surface area contributed by atoms with Gasteiger partial charge in [0.1, 0.15) is 0 Å². The fourth-order valence-electron chi connectivity index (χ4n) is 1.62. The molecule has 0 amide bonds. The zero-order valence-corrected chi connectivity index (χ0v) is 7.71. The molecule has 0 spiro atoms. The molecule has 0 aromatic heterocycles. The van der Waals surface area contributed by atoms with E-state index in [4.69, 9.17) is 5.73 Å². The molecule has 66 valence electrons. The Morgan fingerprint density at radius 1 is 1.45 bits per heavy atom. The first kappa shape index (κ1) is 9.01. The van der Waals surface area contributed by atoms with E-state index in [-0.39, 0.29) is 0 Å². The molecule has 2 heteroatoms. The molecule has 0 saturated carbocycles. The molecule has 1 saturated heterocycles. The second-order valence-corrected chi connectivity index (χ2v) is 3.80. The van der Waals surface area contributed by atoms with E-state index in [9.17, 15) is 0 Å². The van der Waals surface area contributed by atoms with Gasteiger partial charge in [0.2, 0.25) is 0 Å². The zero-order chi connectivity index (χ0) is 8.27. The Morgan fingerprint density at radius 3 is 2.45 bits per heavy atom. The minimum atomic E-state index is 0.586. The maximum atomic E-state index is 5.60. The molecule has 11 heavy (non-hydrogen) atoms. The van der Waals surface area contributed by atoms with Gasteiger partial charge >= 0.3 is 0 Å². The van der Waals surface area contributed by atoms with Crippen LogP contribution in [0.5, 0.6) is 0 Å².